The molecule has 0 unspecified atom stereocenters. The number of amides is 3. The smallest absolute Gasteiger partial charge is 0.326 e. The van der Waals surface area contributed by atoms with Crippen LogP contribution in [0.25, 0.3) is 0 Å². The monoisotopic (exact) mass is 466 g/mol. The van der Waals surface area contributed by atoms with E-state index in [2.05, 4.69) is 10.3 Å². The van der Waals surface area contributed by atoms with Crippen LogP contribution in [0.1, 0.15) is 57.9 Å². The summed E-state index contributed by atoms with van der Waals surface area (Å²) >= 11 is 6.09. The zero-order chi connectivity index (χ0) is 23.7. The molecule has 32 heavy (non-hydrogen) atoms. The normalized spacial score (nSPS) is 17.8. The number of nitrogens with one attached hydrogen (secondary N) is 1. The average molecular weight is 467 g/mol. The van der Waals surface area contributed by atoms with Crippen molar-refractivity contribution in [3.63, 3.8) is 0 Å². The second-order valence-corrected chi connectivity index (χ2v) is 8.35. The number of unbranched alkanes of at least 4 members (excludes halogenated alkanes) is 1. The molecule has 1 saturated heterocycles. The Labute approximate surface area is 193 Å². The zero-order valence-corrected chi connectivity index (χ0v) is 19.3. The van der Waals surface area contributed by atoms with Crippen molar-refractivity contribution < 1.29 is 24.3 Å². The average Bonchev–Trinajstić information content (AvgIpc) is 2.78. The van der Waals surface area contributed by atoms with E-state index in [1.54, 1.807) is 24.5 Å². The van der Waals surface area contributed by atoms with E-state index in [4.69, 9.17) is 11.8 Å². The molecule has 3 atom stereocenters. The summed E-state index contributed by atoms with van der Waals surface area (Å²) in [7, 11) is 0. The van der Waals surface area contributed by atoms with Gasteiger partial charge in [-0.2, -0.15) is 0 Å². The molecule has 2 rings (SSSR count). The number of carboxylic acid groups (broad SMARTS) is 1. The van der Waals surface area contributed by atoms with Gasteiger partial charge in [0.15, 0.2) is 0 Å². The Morgan fingerprint density at radius 2 is 1.97 bits per heavy atom. The van der Waals surface area contributed by atoms with E-state index in [1.807, 2.05) is 6.92 Å². The SMILES string of the molecule is CCCC[C@@H](C(=O)N[C@@H](Cc1ccncc1)C(=O)N1CCCC[C@H]1C(=O)O)N(Cl)C(C)=O. The van der Waals surface area contributed by atoms with Crippen LogP contribution in [-0.4, -0.2) is 67.8 Å². The van der Waals surface area contributed by atoms with Gasteiger partial charge in [0.05, 0.1) is 0 Å². The molecule has 0 spiro atoms. The van der Waals surface area contributed by atoms with Crippen molar-refractivity contribution >= 4 is 35.5 Å². The van der Waals surface area contributed by atoms with Crippen LogP contribution in [0.4, 0.5) is 0 Å². The number of carboxylic acids is 1. The van der Waals surface area contributed by atoms with Gasteiger partial charge in [0.25, 0.3) is 0 Å². The first-order valence-electron chi connectivity index (χ1n) is 10.9. The number of hydrogen-bond donors (Lipinski definition) is 2. The molecule has 0 aliphatic carbocycles. The number of nitrogens with zero attached hydrogens (tertiary/aromatic N) is 3. The van der Waals surface area contributed by atoms with E-state index in [9.17, 15) is 24.3 Å². The molecule has 1 aromatic heterocycles. The lowest BCUT2D eigenvalue weighted by molar-refractivity contribution is -0.153. The number of pyridine rings is 1. The number of halogens is 1. The highest BCUT2D eigenvalue weighted by Crippen LogP contribution is 2.20. The minimum absolute atomic E-state index is 0.165. The summed E-state index contributed by atoms with van der Waals surface area (Å²) in [5, 5.41) is 12.3. The van der Waals surface area contributed by atoms with Gasteiger partial charge < -0.3 is 15.3 Å². The third kappa shape index (κ3) is 6.91. The van der Waals surface area contributed by atoms with Gasteiger partial charge in [-0.15, -0.1) is 0 Å². The predicted octanol–water partition coefficient (Wildman–Crippen LogP) is 2.14. The van der Waals surface area contributed by atoms with Gasteiger partial charge in [-0.05, 0) is 43.4 Å². The van der Waals surface area contributed by atoms with Gasteiger partial charge in [-0.25, -0.2) is 9.21 Å². The molecule has 0 aromatic carbocycles. The fourth-order valence-electron chi connectivity index (χ4n) is 3.84. The lowest BCUT2D eigenvalue weighted by atomic mass is 9.98. The van der Waals surface area contributed by atoms with Gasteiger partial charge >= 0.3 is 5.97 Å². The third-order valence-electron chi connectivity index (χ3n) is 5.58. The quantitative estimate of drug-likeness (QED) is 0.510. The fourth-order valence-corrected chi connectivity index (χ4v) is 4.03. The summed E-state index contributed by atoms with van der Waals surface area (Å²) < 4.78 is 0.861. The van der Waals surface area contributed by atoms with Gasteiger partial charge in [0.1, 0.15) is 18.1 Å². The minimum atomic E-state index is -1.06. The molecule has 1 aromatic rings. The van der Waals surface area contributed by atoms with E-state index < -0.39 is 41.8 Å². The second kappa shape index (κ2) is 12.4. The van der Waals surface area contributed by atoms with Crippen molar-refractivity contribution in [2.24, 2.45) is 0 Å². The first-order valence-corrected chi connectivity index (χ1v) is 11.3. The summed E-state index contributed by atoms with van der Waals surface area (Å²) in [5.74, 6) is -2.53. The molecular weight excluding hydrogens is 436 g/mol. The van der Waals surface area contributed by atoms with Crippen LogP contribution in [-0.2, 0) is 25.6 Å². The Hall–Kier alpha value is -2.68. The van der Waals surface area contributed by atoms with Crippen LogP contribution < -0.4 is 5.32 Å². The number of aliphatic carboxylic acids is 1. The summed E-state index contributed by atoms with van der Waals surface area (Å²) in [6, 6.07) is 0.611. The van der Waals surface area contributed by atoms with Crippen molar-refractivity contribution in [3.05, 3.63) is 30.1 Å². The third-order valence-corrected chi connectivity index (χ3v) is 6.06. The van der Waals surface area contributed by atoms with E-state index in [0.717, 1.165) is 22.8 Å². The predicted molar refractivity (Wildman–Crippen MR) is 119 cm³/mol. The zero-order valence-electron chi connectivity index (χ0n) is 18.5. The van der Waals surface area contributed by atoms with Crippen molar-refractivity contribution in [3.8, 4) is 0 Å². The minimum Gasteiger partial charge on any atom is -0.480 e. The maximum absolute atomic E-state index is 13.4. The van der Waals surface area contributed by atoms with Gasteiger partial charge in [0, 0.05) is 44.1 Å². The first kappa shape index (κ1) is 25.6. The highest BCUT2D eigenvalue weighted by atomic mass is 35.5. The fraction of sp³-hybridized carbons (Fsp3) is 0.591. The van der Waals surface area contributed by atoms with Crippen molar-refractivity contribution in [2.45, 2.75) is 76.9 Å². The maximum Gasteiger partial charge on any atom is 0.326 e. The van der Waals surface area contributed by atoms with Crippen LogP contribution in [0.5, 0.6) is 0 Å². The number of rotatable bonds is 10. The summed E-state index contributed by atoms with van der Waals surface area (Å²) in [6.45, 7) is 3.54. The van der Waals surface area contributed by atoms with Gasteiger partial charge in [-0.1, -0.05) is 19.8 Å². The largest absolute Gasteiger partial charge is 0.480 e. The van der Waals surface area contributed by atoms with Crippen LogP contribution in [0.2, 0.25) is 0 Å². The molecule has 176 valence electrons. The van der Waals surface area contributed by atoms with Crippen LogP contribution in [0.15, 0.2) is 24.5 Å². The molecule has 1 fully saturated rings. The summed E-state index contributed by atoms with van der Waals surface area (Å²) in [6.07, 6.45) is 6.95. The van der Waals surface area contributed by atoms with Crippen molar-refractivity contribution in [2.75, 3.05) is 6.54 Å². The lowest BCUT2D eigenvalue weighted by Gasteiger charge is -2.36. The van der Waals surface area contributed by atoms with E-state index in [-0.39, 0.29) is 6.42 Å². The lowest BCUT2D eigenvalue weighted by Crippen LogP contribution is -2.58. The van der Waals surface area contributed by atoms with Crippen LogP contribution in [0, 0.1) is 0 Å². The maximum atomic E-state index is 13.4. The number of likely N-dealkylation sites (tertiary alicyclic amines) is 1. The molecule has 3 amide bonds. The topological polar surface area (TPSA) is 120 Å². The first-order chi connectivity index (χ1) is 15.3. The number of aromatic nitrogens is 1. The van der Waals surface area contributed by atoms with E-state index >= 15 is 0 Å². The van der Waals surface area contributed by atoms with E-state index in [0.29, 0.717) is 32.2 Å². The summed E-state index contributed by atoms with van der Waals surface area (Å²) in [5.41, 5.74) is 0.766. The molecule has 9 nitrogen and oxygen atoms in total. The Balaban J connectivity index is 2.29. The van der Waals surface area contributed by atoms with Crippen molar-refractivity contribution in [1.29, 1.82) is 0 Å². The number of carbonyl (C=O) groups excluding carboxylic acids is 3. The molecule has 1 aliphatic heterocycles. The molecule has 2 N–H and O–H groups in total. The molecule has 0 bridgehead atoms. The number of carbonyl (C=O) groups is 4. The Kier molecular flexibility index (Phi) is 9.90. The number of piperidine rings is 1. The molecular formula is C22H31ClN4O5. The highest BCUT2D eigenvalue weighted by Gasteiger charge is 2.37. The van der Waals surface area contributed by atoms with Gasteiger partial charge in [0.2, 0.25) is 17.7 Å². The molecule has 1 aliphatic rings. The second-order valence-electron chi connectivity index (χ2n) is 7.99. The Bertz CT molecular complexity index is 807. The molecule has 0 radical (unpaired) electrons. The van der Waals surface area contributed by atoms with Crippen LogP contribution in [0.3, 0.4) is 0 Å². The summed E-state index contributed by atoms with van der Waals surface area (Å²) in [4.78, 5) is 55.3. The number of hydrogen-bond acceptors (Lipinski definition) is 5. The van der Waals surface area contributed by atoms with Gasteiger partial charge in [-0.3, -0.25) is 19.4 Å². The van der Waals surface area contributed by atoms with Crippen molar-refractivity contribution in [1.82, 2.24) is 19.6 Å². The molecule has 10 heteroatoms. The highest BCUT2D eigenvalue weighted by molar-refractivity contribution is 6.22. The van der Waals surface area contributed by atoms with E-state index in [1.165, 1.54) is 11.8 Å². The Morgan fingerprint density at radius 3 is 2.56 bits per heavy atom. The van der Waals surface area contributed by atoms with Crippen LogP contribution >= 0.6 is 11.8 Å². The molecule has 2 heterocycles. The standard InChI is InChI=1S/C22H31ClN4O5/c1-3-4-7-18(27(23)15(2)28)20(29)25-17(14-16-9-11-24-12-10-16)21(30)26-13-6-5-8-19(26)22(31)32/h9-12,17-19H,3-8,13-14H2,1-2H3,(H,25,29)(H,31,32)/t17-,18-,19-/m0/s1. The molecule has 0 saturated carbocycles. The Morgan fingerprint density at radius 1 is 1.28 bits per heavy atom.